The first-order valence-electron chi connectivity index (χ1n) is 11.6. The summed E-state index contributed by atoms with van der Waals surface area (Å²) in [5, 5.41) is 0.582. The zero-order valence-electron chi connectivity index (χ0n) is 20.0. The number of hydrogen-bond acceptors (Lipinski definition) is 6. The Balaban J connectivity index is 1.51. The van der Waals surface area contributed by atoms with Crippen molar-refractivity contribution in [1.82, 2.24) is 18.8 Å². The van der Waals surface area contributed by atoms with Gasteiger partial charge in [0.1, 0.15) is 12.4 Å². The van der Waals surface area contributed by atoms with Crippen LogP contribution in [0.5, 0.6) is 5.75 Å². The number of alkyl halides is 3. The molecule has 1 aromatic carbocycles. The normalized spacial score (nSPS) is 18.8. The number of hydrogen-bond donors (Lipinski definition) is 0. The summed E-state index contributed by atoms with van der Waals surface area (Å²) in [6, 6.07) is 4.92. The minimum absolute atomic E-state index is 0.00467. The van der Waals surface area contributed by atoms with Gasteiger partial charge in [-0.1, -0.05) is 17.7 Å². The average molecular weight is 549 g/mol. The van der Waals surface area contributed by atoms with E-state index in [4.69, 9.17) is 16.3 Å². The van der Waals surface area contributed by atoms with Gasteiger partial charge in [-0.3, -0.25) is 14.3 Å². The molecule has 3 heterocycles. The zero-order valence-corrected chi connectivity index (χ0v) is 21.5. The van der Waals surface area contributed by atoms with Crippen molar-refractivity contribution in [2.75, 3.05) is 26.0 Å². The fourth-order valence-electron chi connectivity index (χ4n) is 4.69. The highest BCUT2D eigenvalue weighted by molar-refractivity contribution is 7.88. The summed E-state index contributed by atoms with van der Waals surface area (Å²) in [6.07, 6.45) is -1.22. The SMILES string of the molecule is C[C@@H](c1ncc(OCC2CCN(S(C)(=O)=O)CC2)c(=O)n1CC(F)(F)F)N1Cc2ccc(Cl)cc2C1. The third-order valence-corrected chi connectivity index (χ3v) is 8.28. The van der Waals surface area contributed by atoms with Crippen LogP contribution in [0.1, 0.15) is 42.8 Å². The molecule has 36 heavy (non-hydrogen) atoms. The van der Waals surface area contributed by atoms with E-state index in [0.29, 0.717) is 48.6 Å². The summed E-state index contributed by atoms with van der Waals surface area (Å²) in [4.78, 5) is 19.3. The first-order valence-corrected chi connectivity index (χ1v) is 13.8. The van der Waals surface area contributed by atoms with Crippen LogP contribution in [-0.4, -0.2) is 59.3 Å². The number of rotatable bonds is 7. The number of sulfonamides is 1. The maximum Gasteiger partial charge on any atom is 0.406 e. The second-order valence-corrected chi connectivity index (χ2v) is 11.8. The van der Waals surface area contributed by atoms with Gasteiger partial charge in [0.05, 0.1) is 25.1 Å². The van der Waals surface area contributed by atoms with E-state index in [-0.39, 0.29) is 24.1 Å². The predicted octanol–water partition coefficient (Wildman–Crippen LogP) is 3.59. The van der Waals surface area contributed by atoms with Crippen LogP contribution in [0.4, 0.5) is 13.2 Å². The number of halogens is 4. The van der Waals surface area contributed by atoms with E-state index >= 15 is 0 Å². The van der Waals surface area contributed by atoms with E-state index in [1.54, 1.807) is 13.0 Å². The van der Waals surface area contributed by atoms with Gasteiger partial charge in [0.25, 0.3) is 5.56 Å². The molecule has 2 aromatic rings. The minimum atomic E-state index is -4.63. The van der Waals surface area contributed by atoms with Crippen molar-refractivity contribution in [3.8, 4) is 5.75 Å². The average Bonchev–Trinajstić information content (AvgIpc) is 3.21. The number of benzene rings is 1. The second kappa shape index (κ2) is 10.3. The quantitative estimate of drug-likeness (QED) is 0.526. The molecule has 0 bridgehead atoms. The molecule has 0 unspecified atom stereocenters. The summed E-state index contributed by atoms with van der Waals surface area (Å²) in [5.74, 6) is -0.269. The molecule has 0 radical (unpaired) electrons. The summed E-state index contributed by atoms with van der Waals surface area (Å²) < 4.78 is 71.3. The summed E-state index contributed by atoms with van der Waals surface area (Å²) in [7, 11) is -3.27. The molecule has 0 amide bonds. The molecule has 8 nitrogen and oxygen atoms in total. The van der Waals surface area contributed by atoms with Crippen LogP contribution in [0.25, 0.3) is 0 Å². The Morgan fingerprint density at radius 3 is 2.50 bits per heavy atom. The number of fused-ring (bicyclic) bond motifs is 1. The smallest absolute Gasteiger partial charge is 0.406 e. The summed E-state index contributed by atoms with van der Waals surface area (Å²) in [5.41, 5.74) is 1.12. The van der Waals surface area contributed by atoms with Crippen LogP contribution in [0.3, 0.4) is 0 Å². The fraction of sp³-hybridized carbons (Fsp3) is 0.565. The standard InChI is InChI=1S/C23H28ClF3N4O4S/c1-15(29-11-17-3-4-19(24)9-18(17)12-29)21-28-10-20(22(32)31(21)14-23(25,26)27)35-13-16-5-7-30(8-6-16)36(2,33)34/h3-4,9-10,15-16H,5-8,11-14H2,1-2H3/t15-/m0/s1. The van der Waals surface area contributed by atoms with Gasteiger partial charge in [0.2, 0.25) is 15.8 Å². The minimum Gasteiger partial charge on any atom is -0.486 e. The van der Waals surface area contributed by atoms with E-state index in [1.165, 1.54) is 10.5 Å². The van der Waals surface area contributed by atoms with E-state index in [1.807, 2.05) is 17.0 Å². The van der Waals surface area contributed by atoms with Gasteiger partial charge in [-0.2, -0.15) is 13.2 Å². The van der Waals surface area contributed by atoms with Crippen molar-refractivity contribution in [3.05, 3.63) is 56.7 Å². The third kappa shape index (κ3) is 6.21. The number of nitrogens with zero attached hydrogens (tertiary/aromatic N) is 4. The third-order valence-electron chi connectivity index (χ3n) is 6.74. The van der Waals surface area contributed by atoms with Gasteiger partial charge >= 0.3 is 6.18 Å². The Kier molecular flexibility index (Phi) is 7.70. The Hall–Kier alpha value is -2.15. The van der Waals surface area contributed by atoms with Gasteiger partial charge in [0, 0.05) is 31.2 Å². The Bertz CT molecular complexity index is 1280. The molecule has 2 aliphatic heterocycles. The van der Waals surface area contributed by atoms with Crippen LogP contribution >= 0.6 is 11.6 Å². The Labute approximate surface area is 212 Å². The van der Waals surface area contributed by atoms with Crippen LogP contribution < -0.4 is 10.3 Å². The Morgan fingerprint density at radius 1 is 1.19 bits per heavy atom. The number of ether oxygens (including phenoxy) is 1. The maximum absolute atomic E-state index is 13.4. The van der Waals surface area contributed by atoms with Crippen molar-refractivity contribution in [2.24, 2.45) is 5.92 Å². The lowest BCUT2D eigenvalue weighted by Crippen LogP contribution is -2.39. The van der Waals surface area contributed by atoms with Gasteiger partial charge in [-0.25, -0.2) is 17.7 Å². The predicted molar refractivity (Wildman–Crippen MR) is 128 cm³/mol. The van der Waals surface area contributed by atoms with E-state index in [9.17, 15) is 26.4 Å². The zero-order chi connectivity index (χ0) is 26.3. The van der Waals surface area contributed by atoms with E-state index < -0.39 is 34.3 Å². The molecular weight excluding hydrogens is 521 g/mol. The first-order chi connectivity index (χ1) is 16.8. The lowest BCUT2D eigenvalue weighted by atomic mass is 9.99. The largest absolute Gasteiger partial charge is 0.486 e. The molecule has 1 atom stereocenters. The fourth-order valence-corrected chi connectivity index (χ4v) is 5.76. The molecule has 198 valence electrons. The van der Waals surface area contributed by atoms with Crippen LogP contribution in [0, 0.1) is 5.92 Å². The molecule has 1 saturated heterocycles. The summed E-state index contributed by atoms with van der Waals surface area (Å²) in [6.45, 7) is 1.99. The van der Waals surface area contributed by atoms with Crippen molar-refractivity contribution in [3.63, 3.8) is 0 Å². The van der Waals surface area contributed by atoms with Gasteiger partial charge in [-0.05, 0) is 48.9 Å². The maximum atomic E-state index is 13.4. The molecule has 0 saturated carbocycles. The Morgan fingerprint density at radius 2 is 1.86 bits per heavy atom. The van der Waals surface area contributed by atoms with Gasteiger partial charge < -0.3 is 4.74 Å². The van der Waals surface area contributed by atoms with Gasteiger partial charge in [0.15, 0.2) is 0 Å². The molecule has 4 rings (SSSR count). The molecule has 0 aliphatic carbocycles. The van der Waals surface area contributed by atoms with Crippen molar-refractivity contribution < 1.29 is 26.3 Å². The molecule has 1 aromatic heterocycles. The van der Waals surface area contributed by atoms with Crippen molar-refractivity contribution >= 4 is 21.6 Å². The summed E-state index contributed by atoms with van der Waals surface area (Å²) >= 11 is 6.07. The monoisotopic (exact) mass is 548 g/mol. The van der Waals surface area contributed by atoms with Gasteiger partial charge in [-0.15, -0.1) is 0 Å². The molecule has 0 N–H and O–H groups in total. The topological polar surface area (TPSA) is 84.7 Å². The van der Waals surface area contributed by atoms with E-state index in [2.05, 4.69) is 4.98 Å². The molecule has 13 heteroatoms. The molecule has 2 aliphatic rings. The second-order valence-electron chi connectivity index (χ2n) is 9.40. The molecule has 1 fully saturated rings. The van der Waals surface area contributed by atoms with Crippen LogP contribution in [0.2, 0.25) is 5.02 Å². The molecular formula is C23H28ClF3N4O4S. The number of piperidine rings is 1. The highest BCUT2D eigenvalue weighted by Crippen LogP contribution is 2.32. The number of aromatic nitrogens is 2. The van der Waals surface area contributed by atoms with Crippen molar-refractivity contribution in [1.29, 1.82) is 0 Å². The lowest BCUT2D eigenvalue weighted by Gasteiger charge is -2.30. The highest BCUT2D eigenvalue weighted by atomic mass is 35.5. The van der Waals surface area contributed by atoms with Crippen LogP contribution in [-0.2, 0) is 29.7 Å². The van der Waals surface area contributed by atoms with E-state index in [0.717, 1.165) is 17.4 Å². The van der Waals surface area contributed by atoms with Crippen molar-refractivity contribution in [2.45, 2.75) is 51.6 Å². The molecule has 0 spiro atoms. The highest BCUT2D eigenvalue weighted by Gasteiger charge is 2.34. The van der Waals surface area contributed by atoms with Crippen LogP contribution in [0.15, 0.2) is 29.2 Å². The lowest BCUT2D eigenvalue weighted by molar-refractivity contribution is -0.142. The first kappa shape index (κ1) is 26.9.